The van der Waals surface area contributed by atoms with Gasteiger partial charge in [0, 0.05) is 19.2 Å². The lowest BCUT2D eigenvalue weighted by molar-refractivity contribution is -0.0512. The van der Waals surface area contributed by atoms with Gasteiger partial charge in [-0.25, -0.2) is 12.8 Å². The molecule has 0 aliphatic heterocycles. The third kappa shape index (κ3) is 5.98. The Bertz CT molecular complexity index is 1270. The lowest BCUT2D eigenvalue weighted by Crippen LogP contribution is -2.26. The lowest BCUT2D eigenvalue weighted by atomic mass is 10.1. The van der Waals surface area contributed by atoms with Crippen LogP contribution in [0.1, 0.15) is 15.9 Å². The van der Waals surface area contributed by atoms with Crippen LogP contribution >= 0.6 is 0 Å². The quantitative estimate of drug-likeness (QED) is 0.473. The molecule has 0 atom stereocenters. The highest BCUT2D eigenvalue weighted by Crippen LogP contribution is 2.30. The van der Waals surface area contributed by atoms with Gasteiger partial charge in [-0.3, -0.25) is 9.52 Å². The summed E-state index contributed by atoms with van der Waals surface area (Å²) < 4.78 is 75.4. The number of alkyl halides is 2. The second-order valence-electron chi connectivity index (χ2n) is 7.13. The van der Waals surface area contributed by atoms with Gasteiger partial charge in [-0.15, -0.1) is 0 Å². The highest BCUT2D eigenvalue weighted by atomic mass is 32.2. The summed E-state index contributed by atoms with van der Waals surface area (Å²) in [6.45, 7) is -2.88. The van der Waals surface area contributed by atoms with Crippen LogP contribution in [0.2, 0.25) is 0 Å². The van der Waals surface area contributed by atoms with E-state index in [0.717, 1.165) is 6.07 Å². The SMILES string of the molecule is COc1cc(CN(C)C(=O)c2ccc(S(=O)(=O)Nc3ccccc3F)cc2)ccc1OC(F)F. The Balaban J connectivity index is 1.71. The molecule has 7 nitrogen and oxygen atoms in total. The molecule has 1 N–H and O–H groups in total. The molecule has 0 saturated carbocycles. The molecule has 0 aromatic heterocycles. The van der Waals surface area contributed by atoms with Gasteiger partial charge in [0.25, 0.3) is 15.9 Å². The van der Waals surface area contributed by atoms with E-state index in [1.54, 1.807) is 0 Å². The standard InChI is InChI=1S/C23H21F3N2O5S/c1-28(14-15-7-12-20(33-23(25)26)21(13-15)32-2)22(29)16-8-10-17(11-9-16)34(30,31)27-19-6-4-3-5-18(19)24/h3-13,23,27H,14H2,1-2H3. The maximum Gasteiger partial charge on any atom is 0.387 e. The van der Waals surface area contributed by atoms with Crippen LogP contribution in [0.5, 0.6) is 11.5 Å². The van der Waals surface area contributed by atoms with Crippen molar-refractivity contribution in [1.29, 1.82) is 0 Å². The molecule has 0 radical (unpaired) electrons. The predicted octanol–water partition coefficient (Wildman–Crippen LogP) is 4.51. The molecule has 0 aliphatic carbocycles. The molecule has 34 heavy (non-hydrogen) atoms. The summed E-state index contributed by atoms with van der Waals surface area (Å²) in [6, 6.07) is 14.8. The van der Waals surface area contributed by atoms with E-state index in [9.17, 15) is 26.4 Å². The van der Waals surface area contributed by atoms with Crippen LogP contribution in [0.25, 0.3) is 0 Å². The summed E-state index contributed by atoms with van der Waals surface area (Å²) in [4.78, 5) is 14.0. The monoisotopic (exact) mass is 494 g/mol. The van der Waals surface area contributed by atoms with Crippen LogP contribution in [-0.2, 0) is 16.6 Å². The lowest BCUT2D eigenvalue weighted by Gasteiger charge is -2.19. The van der Waals surface area contributed by atoms with Crippen LogP contribution in [0.3, 0.4) is 0 Å². The van der Waals surface area contributed by atoms with E-state index in [1.165, 1.54) is 79.7 Å². The minimum Gasteiger partial charge on any atom is -0.493 e. The summed E-state index contributed by atoms with van der Waals surface area (Å²) in [7, 11) is -1.22. The van der Waals surface area contributed by atoms with Gasteiger partial charge in [-0.2, -0.15) is 8.78 Å². The van der Waals surface area contributed by atoms with E-state index in [2.05, 4.69) is 9.46 Å². The van der Waals surface area contributed by atoms with Crippen molar-refractivity contribution in [3.8, 4) is 11.5 Å². The second kappa shape index (κ2) is 10.5. The van der Waals surface area contributed by atoms with Gasteiger partial charge in [0.1, 0.15) is 5.82 Å². The van der Waals surface area contributed by atoms with E-state index in [4.69, 9.17) is 4.74 Å². The van der Waals surface area contributed by atoms with Crippen molar-refractivity contribution in [3.05, 3.63) is 83.7 Å². The number of carbonyl (C=O) groups excluding carboxylic acids is 1. The first-order valence-electron chi connectivity index (χ1n) is 9.85. The number of nitrogens with zero attached hydrogens (tertiary/aromatic N) is 1. The summed E-state index contributed by atoms with van der Waals surface area (Å²) >= 11 is 0. The minimum atomic E-state index is -4.06. The summed E-state index contributed by atoms with van der Waals surface area (Å²) in [5.41, 5.74) is 0.627. The molecule has 0 saturated heterocycles. The fourth-order valence-corrected chi connectivity index (χ4v) is 4.16. The summed E-state index contributed by atoms with van der Waals surface area (Å²) in [5.74, 6) is -1.16. The van der Waals surface area contributed by atoms with Gasteiger partial charge < -0.3 is 14.4 Å². The number of sulfonamides is 1. The number of nitrogens with one attached hydrogen (secondary N) is 1. The van der Waals surface area contributed by atoms with E-state index in [1.807, 2.05) is 0 Å². The Morgan fingerprint density at radius 2 is 1.71 bits per heavy atom. The van der Waals surface area contributed by atoms with E-state index < -0.39 is 28.4 Å². The fourth-order valence-electron chi connectivity index (χ4n) is 3.09. The summed E-state index contributed by atoms with van der Waals surface area (Å²) in [5, 5.41) is 0. The van der Waals surface area contributed by atoms with Crippen molar-refractivity contribution in [2.75, 3.05) is 18.9 Å². The predicted molar refractivity (Wildman–Crippen MR) is 119 cm³/mol. The first kappa shape index (κ1) is 24.9. The molecule has 0 spiro atoms. The molecule has 11 heteroatoms. The molecule has 0 heterocycles. The summed E-state index contributed by atoms with van der Waals surface area (Å²) in [6.07, 6.45) is 0. The molecule has 3 aromatic rings. The molecule has 0 fully saturated rings. The molecular weight excluding hydrogens is 473 g/mol. The van der Waals surface area contributed by atoms with Crippen molar-refractivity contribution in [3.63, 3.8) is 0 Å². The topological polar surface area (TPSA) is 84.9 Å². The zero-order chi connectivity index (χ0) is 24.9. The van der Waals surface area contributed by atoms with Crippen LogP contribution in [-0.4, -0.2) is 40.0 Å². The number of para-hydroxylation sites is 1. The molecular formula is C23H21F3N2O5S. The van der Waals surface area contributed by atoms with Crippen LogP contribution in [0, 0.1) is 5.82 Å². The number of carbonyl (C=O) groups is 1. The molecule has 0 unspecified atom stereocenters. The van der Waals surface area contributed by atoms with Crippen molar-refractivity contribution >= 4 is 21.6 Å². The minimum absolute atomic E-state index is 0.0931. The molecule has 3 rings (SSSR count). The van der Waals surface area contributed by atoms with E-state index in [-0.39, 0.29) is 34.2 Å². The number of ether oxygens (including phenoxy) is 2. The highest BCUT2D eigenvalue weighted by molar-refractivity contribution is 7.92. The largest absolute Gasteiger partial charge is 0.493 e. The maximum atomic E-state index is 13.8. The number of hydrogen-bond donors (Lipinski definition) is 1. The normalized spacial score (nSPS) is 11.2. The van der Waals surface area contributed by atoms with Gasteiger partial charge >= 0.3 is 6.61 Å². The zero-order valence-corrected chi connectivity index (χ0v) is 19.0. The van der Waals surface area contributed by atoms with E-state index >= 15 is 0 Å². The van der Waals surface area contributed by atoms with E-state index in [0.29, 0.717) is 5.56 Å². The van der Waals surface area contributed by atoms with Crippen LogP contribution in [0.4, 0.5) is 18.9 Å². The number of anilines is 1. The Kier molecular flexibility index (Phi) is 7.67. The average molecular weight is 494 g/mol. The molecule has 0 bridgehead atoms. The first-order valence-corrected chi connectivity index (χ1v) is 11.3. The number of hydrogen-bond acceptors (Lipinski definition) is 5. The highest BCUT2D eigenvalue weighted by Gasteiger charge is 2.19. The van der Waals surface area contributed by atoms with Gasteiger partial charge in [0.2, 0.25) is 0 Å². The third-order valence-corrected chi connectivity index (χ3v) is 6.12. The van der Waals surface area contributed by atoms with Gasteiger partial charge in [-0.1, -0.05) is 18.2 Å². The smallest absolute Gasteiger partial charge is 0.387 e. The first-order chi connectivity index (χ1) is 16.1. The van der Waals surface area contributed by atoms with Crippen molar-refractivity contribution in [1.82, 2.24) is 4.90 Å². The number of benzene rings is 3. The van der Waals surface area contributed by atoms with Gasteiger partial charge in [-0.05, 0) is 54.1 Å². The Labute approximate surface area is 194 Å². The second-order valence-corrected chi connectivity index (χ2v) is 8.82. The Morgan fingerprint density at radius 3 is 2.32 bits per heavy atom. The van der Waals surface area contributed by atoms with Crippen LogP contribution < -0.4 is 14.2 Å². The molecule has 3 aromatic carbocycles. The Morgan fingerprint density at radius 1 is 1.03 bits per heavy atom. The number of methoxy groups -OCH3 is 1. The Hall–Kier alpha value is -3.73. The fraction of sp³-hybridized carbons (Fsp3) is 0.174. The van der Waals surface area contributed by atoms with Crippen molar-refractivity contribution in [2.45, 2.75) is 18.1 Å². The molecule has 180 valence electrons. The molecule has 0 aliphatic rings. The van der Waals surface area contributed by atoms with Gasteiger partial charge in [0.05, 0.1) is 17.7 Å². The number of amides is 1. The zero-order valence-electron chi connectivity index (χ0n) is 18.2. The number of halogens is 3. The van der Waals surface area contributed by atoms with Crippen LogP contribution in [0.15, 0.2) is 71.6 Å². The molecule has 1 amide bonds. The number of rotatable bonds is 9. The average Bonchev–Trinajstić information content (AvgIpc) is 2.80. The van der Waals surface area contributed by atoms with Crippen molar-refractivity contribution < 1.29 is 35.9 Å². The maximum absolute atomic E-state index is 13.8. The van der Waals surface area contributed by atoms with Crippen molar-refractivity contribution in [2.24, 2.45) is 0 Å². The van der Waals surface area contributed by atoms with Gasteiger partial charge in [0.15, 0.2) is 11.5 Å². The third-order valence-electron chi connectivity index (χ3n) is 4.74.